The van der Waals surface area contributed by atoms with E-state index in [0.29, 0.717) is 0 Å². The van der Waals surface area contributed by atoms with Crippen LogP contribution in [0.2, 0.25) is 0 Å². The first-order valence-electron chi connectivity index (χ1n) is 9.21. The highest BCUT2D eigenvalue weighted by molar-refractivity contribution is 4.78. The molecule has 3 nitrogen and oxygen atoms in total. The second kappa shape index (κ2) is 11.4. The lowest BCUT2D eigenvalue weighted by Crippen LogP contribution is -2.46. The van der Waals surface area contributed by atoms with Crippen LogP contribution in [0.4, 0.5) is 0 Å². The molecule has 0 saturated carbocycles. The molecule has 0 spiro atoms. The van der Waals surface area contributed by atoms with Gasteiger partial charge < -0.3 is 14.6 Å². The summed E-state index contributed by atoms with van der Waals surface area (Å²) in [6.07, 6.45) is 11.8. The summed E-state index contributed by atoms with van der Waals surface area (Å²) < 4.78 is 11.9. The first kappa shape index (κ1) is 18.9. The first-order valence-corrected chi connectivity index (χ1v) is 9.21. The van der Waals surface area contributed by atoms with Crippen molar-refractivity contribution in [3.05, 3.63) is 0 Å². The van der Waals surface area contributed by atoms with Crippen LogP contribution in [0.15, 0.2) is 0 Å². The Morgan fingerprint density at radius 1 is 0.714 bits per heavy atom. The molecule has 21 heavy (non-hydrogen) atoms. The Morgan fingerprint density at radius 3 is 1.95 bits per heavy atom. The molecule has 1 fully saturated rings. The van der Waals surface area contributed by atoms with E-state index in [1.165, 1.54) is 32.1 Å². The van der Waals surface area contributed by atoms with E-state index < -0.39 is 6.29 Å². The van der Waals surface area contributed by atoms with Crippen LogP contribution in [0, 0.1) is 5.92 Å². The van der Waals surface area contributed by atoms with Gasteiger partial charge >= 0.3 is 0 Å². The van der Waals surface area contributed by atoms with Crippen molar-refractivity contribution in [1.29, 1.82) is 0 Å². The van der Waals surface area contributed by atoms with Crippen LogP contribution in [0.1, 0.15) is 91.4 Å². The fourth-order valence-corrected chi connectivity index (χ4v) is 3.11. The highest BCUT2D eigenvalue weighted by Crippen LogP contribution is 2.32. The van der Waals surface area contributed by atoms with Gasteiger partial charge in [0.1, 0.15) is 0 Å². The molecule has 0 amide bonds. The lowest BCUT2D eigenvalue weighted by atomic mass is 9.90. The van der Waals surface area contributed by atoms with E-state index in [1.54, 1.807) is 0 Å². The van der Waals surface area contributed by atoms with Gasteiger partial charge in [0.05, 0.1) is 6.10 Å². The van der Waals surface area contributed by atoms with E-state index in [2.05, 4.69) is 20.8 Å². The maximum absolute atomic E-state index is 10.3. The van der Waals surface area contributed by atoms with Crippen molar-refractivity contribution in [3.8, 4) is 0 Å². The number of aliphatic hydroxyl groups excluding tert-OH is 1. The lowest BCUT2D eigenvalue weighted by molar-refractivity contribution is -0.324. The summed E-state index contributed by atoms with van der Waals surface area (Å²) in [7, 11) is 0. The zero-order valence-corrected chi connectivity index (χ0v) is 14.4. The van der Waals surface area contributed by atoms with Crippen molar-refractivity contribution in [2.24, 2.45) is 5.92 Å². The highest BCUT2D eigenvalue weighted by Gasteiger charge is 2.37. The van der Waals surface area contributed by atoms with Crippen molar-refractivity contribution in [2.75, 3.05) is 0 Å². The molecule has 0 aromatic rings. The second-order valence-corrected chi connectivity index (χ2v) is 6.43. The number of aliphatic hydroxyl groups is 1. The molecule has 0 aromatic carbocycles. The van der Waals surface area contributed by atoms with E-state index in [4.69, 9.17) is 9.47 Å². The van der Waals surface area contributed by atoms with Crippen molar-refractivity contribution in [3.63, 3.8) is 0 Å². The van der Waals surface area contributed by atoms with Crippen LogP contribution in [-0.4, -0.2) is 23.8 Å². The molecule has 3 heteroatoms. The predicted octanol–water partition coefficient (Wildman–Crippen LogP) is 5.01. The SMILES string of the molecule is CCCCCC1OC(O)C(CCCC)C(CCCCC)O1. The maximum Gasteiger partial charge on any atom is 0.162 e. The number of hydrogen-bond acceptors (Lipinski definition) is 3. The Balaban J connectivity index is 2.49. The summed E-state index contributed by atoms with van der Waals surface area (Å²) in [6.45, 7) is 6.62. The summed E-state index contributed by atoms with van der Waals surface area (Å²) in [5.74, 6) is 0.157. The molecule has 1 saturated heterocycles. The normalized spacial score (nSPS) is 29.7. The van der Waals surface area contributed by atoms with Gasteiger partial charge in [-0.25, -0.2) is 0 Å². The highest BCUT2D eigenvalue weighted by atomic mass is 16.7. The minimum atomic E-state index is -0.636. The molecule has 1 N–H and O–H groups in total. The predicted molar refractivity (Wildman–Crippen MR) is 87.1 cm³/mol. The molecule has 1 aliphatic rings. The average molecular weight is 300 g/mol. The number of rotatable bonds is 11. The van der Waals surface area contributed by atoms with Gasteiger partial charge in [0.25, 0.3) is 0 Å². The Labute approximate surface area is 131 Å². The van der Waals surface area contributed by atoms with Crippen molar-refractivity contribution in [1.82, 2.24) is 0 Å². The van der Waals surface area contributed by atoms with Crippen LogP contribution in [0.5, 0.6) is 0 Å². The molecule has 4 atom stereocenters. The zero-order valence-electron chi connectivity index (χ0n) is 14.4. The Morgan fingerprint density at radius 2 is 1.33 bits per heavy atom. The van der Waals surface area contributed by atoms with Gasteiger partial charge in [-0.1, -0.05) is 65.7 Å². The Bertz CT molecular complexity index is 245. The minimum absolute atomic E-state index is 0.157. The molecular formula is C18H36O3. The quantitative estimate of drug-likeness (QED) is 0.545. The van der Waals surface area contributed by atoms with E-state index in [9.17, 15) is 5.11 Å². The molecule has 0 radical (unpaired) electrons. The number of hydrogen-bond donors (Lipinski definition) is 1. The molecule has 1 aliphatic heterocycles. The van der Waals surface area contributed by atoms with E-state index >= 15 is 0 Å². The van der Waals surface area contributed by atoms with Crippen LogP contribution in [-0.2, 0) is 9.47 Å². The minimum Gasteiger partial charge on any atom is -0.368 e. The van der Waals surface area contributed by atoms with Gasteiger partial charge in [0.2, 0.25) is 0 Å². The van der Waals surface area contributed by atoms with E-state index in [0.717, 1.165) is 38.5 Å². The topological polar surface area (TPSA) is 38.7 Å². The molecule has 4 unspecified atom stereocenters. The summed E-state index contributed by atoms with van der Waals surface area (Å²) in [5.41, 5.74) is 0. The zero-order chi connectivity index (χ0) is 15.5. The monoisotopic (exact) mass is 300 g/mol. The van der Waals surface area contributed by atoms with Crippen LogP contribution < -0.4 is 0 Å². The largest absolute Gasteiger partial charge is 0.368 e. The van der Waals surface area contributed by atoms with Gasteiger partial charge in [-0.2, -0.15) is 0 Å². The molecule has 126 valence electrons. The van der Waals surface area contributed by atoms with Gasteiger partial charge in [-0.15, -0.1) is 0 Å². The second-order valence-electron chi connectivity index (χ2n) is 6.43. The smallest absolute Gasteiger partial charge is 0.162 e. The molecule has 0 aromatic heterocycles. The fourth-order valence-electron chi connectivity index (χ4n) is 3.11. The van der Waals surface area contributed by atoms with Crippen molar-refractivity contribution < 1.29 is 14.6 Å². The van der Waals surface area contributed by atoms with Gasteiger partial charge in [-0.05, 0) is 25.7 Å². The fraction of sp³-hybridized carbons (Fsp3) is 1.00. The summed E-state index contributed by atoms with van der Waals surface area (Å²) in [4.78, 5) is 0. The number of ether oxygens (including phenoxy) is 2. The first-order chi connectivity index (χ1) is 10.2. The third kappa shape index (κ3) is 7.12. The van der Waals surface area contributed by atoms with E-state index in [1.807, 2.05) is 0 Å². The number of unbranched alkanes of at least 4 members (excludes halogenated alkanes) is 5. The van der Waals surface area contributed by atoms with Gasteiger partial charge in [0, 0.05) is 5.92 Å². The summed E-state index contributed by atoms with van der Waals surface area (Å²) in [6, 6.07) is 0. The van der Waals surface area contributed by atoms with Crippen LogP contribution in [0.3, 0.4) is 0 Å². The van der Waals surface area contributed by atoms with Crippen LogP contribution in [0.25, 0.3) is 0 Å². The third-order valence-electron chi connectivity index (χ3n) is 4.49. The van der Waals surface area contributed by atoms with Crippen molar-refractivity contribution >= 4 is 0 Å². The standard InChI is InChI=1S/C18H36O3/c1-4-7-10-13-16-15(12-9-6-3)18(19)21-17(20-16)14-11-8-5-2/h15-19H,4-14H2,1-3H3. The van der Waals surface area contributed by atoms with E-state index in [-0.39, 0.29) is 18.3 Å². The molecule has 0 bridgehead atoms. The Hall–Kier alpha value is -0.120. The summed E-state index contributed by atoms with van der Waals surface area (Å²) >= 11 is 0. The maximum atomic E-state index is 10.3. The molecule has 0 aliphatic carbocycles. The Kier molecular flexibility index (Phi) is 10.3. The van der Waals surface area contributed by atoms with Gasteiger partial charge in [0.15, 0.2) is 12.6 Å². The average Bonchev–Trinajstić information content (AvgIpc) is 2.47. The van der Waals surface area contributed by atoms with Gasteiger partial charge in [-0.3, -0.25) is 0 Å². The van der Waals surface area contributed by atoms with Crippen LogP contribution >= 0.6 is 0 Å². The molecule has 1 rings (SSSR count). The summed E-state index contributed by atoms with van der Waals surface area (Å²) in [5, 5.41) is 10.3. The van der Waals surface area contributed by atoms with Crippen molar-refractivity contribution in [2.45, 2.75) is 110 Å². The molecular weight excluding hydrogens is 264 g/mol. The molecule has 1 heterocycles. The lowest BCUT2D eigenvalue weighted by Gasteiger charge is -2.40. The third-order valence-corrected chi connectivity index (χ3v) is 4.49.